The van der Waals surface area contributed by atoms with Crippen LogP contribution in [0.4, 0.5) is 8.78 Å². The SMILES string of the molecule is O=C(COC1CCCC1)N1CC(F)(F)CC2(CCNC2=O)C1. The van der Waals surface area contributed by atoms with E-state index in [0.717, 1.165) is 30.6 Å². The van der Waals surface area contributed by atoms with E-state index < -0.39 is 30.2 Å². The maximum Gasteiger partial charge on any atom is 0.266 e. The first-order valence-electron chi connectivity index (χ1n) is 7.96. The molecular weight excluding hydrogens is 294 g/mol. The van der Waals surface area contributed by atoms with Crippen molar-refractivity contribution in [3.63, 3.8) is 0 Å². The summed E-state index contributed by atoms with van der Waals surface area (Å²) in [6.45, 7) is -0.315. The fourth-order valence-electron chi connectivity index (χ4n) is 3.86. The number of carbonyl (C=O) groups excluding carboxylic acids is 2. The normalized spacial score (nSPS) is 31.7. The van der Waals surface area contributed by atoms with E-state index in [4.69, 9.17) is 4.74 Å². The Morgan fingerprint density at radius 2 is 2.05 bits per heavy atom. The van der Waals surface area contributed by atoms with E-state index >= 15 is 0 Å². The Balaban J connectivity index is 1.64. The van der Waals surface area contributed by atoms with Crippen molar-refractivity contribution in [2.24, 2.45) is 5.41 Å². The van der Waals surface area contributed by atoms with E-state index in [-0.39, 0.29) is 25.2 Å². The minimum Gasteiger partial charge on any atom is -0.368 e. The van der Waals surface area contributed by atoms with Gasteiger partial charge in [0.05, 0.1) is 18.1 Å². The Labute approximate surface area is 128 Å². The highest BCUT2D eigenvalue weighted by Crippen LogP contribution is 2.43. The van der Waals surface area contributed by atoms with Gasteiger partial charge < -0.3 is 15.0 Å². The van der Waals surface area contributed by atoms with Gasteiger partial charge in [-0.05, 0) is 19.3 Å². The average molecular weight is 316 g/mol. The van der Waals surface area contributed by atoms with Crippen LogP contribution < -0.4 is 5.32 Å². The first-order chi connectivity index (χ1) is 10.4. The standard InChI is InChI=1S/C15H22F2N2O3/c16-15(17)8-14(5-6-18-13(14)21)9-19(10-15)12(20)7-22-11-3-1-2-4-11/h11H,1-10H2,(H,18,21). The molecule has 0 aromatic carbocycles. The average Bonchev–Trinajstić information content (AvgIpc) is 3.06. The highest BCUT2D eigenvalue weighted by atomic mass is 19.3. The molecule has 5 nitrogen and oxygen atoms in total. The van der Waals surface area contributed by atoms with E-state index in [9.17, 15) is 18.4 Å². The van der Waals surface area contributed by atoms with E-state index in [1.807, 2.05) is 0 Å². The Morgan fingerprint density at radius 1 is 1.32 bits per heavy atom. The van der Waals surface area contributed by atoms with Crippen LogP contribution in [-0.2, 0) is 14.3 Å². The number of nitrogens with one attached hydrogen (secondary N) is 1. The maximum atomic E-state index is 14.0. The van der Waals surface area contributed by atoms with Crippen molar-refractivity contribution in [3.05, 3.63) is 0 Å². The largest absolute Gasteiger partial charge is 0.368 e. The zero-order chi connectivity index (χ0) is 15.8. The molecule has 124 valence electrons. The van der Waals surface area contributed by atoms with Gasteiger partial charge in [-0.15, -0.1) is 0 Å². The molecule has 0 aromatic heterocycles. The lowest BCUT2D eigenvalue weighted by molar-refractivity contribution is -0.164. The summed E-state index contributed by atoms with van der Waals surface area (Å²) in [5, 5.41) is 2.61. The van der Waals surface area contributed by atoms with E-state index in [1.165, 1.54) is 0 Å². The Kier molecular flexibility index (Phi) is 4.09. The molecular formula is C15H22F2N2O3. The lowest BCUT2D eigenvalue weighted by atomic mass is 9.77. The Morgan fingerprint density at radius 3 is 2.68 bits per heavy atom. The molecule has 3 rings (SSSR count). The second kappa shape index (κ2) is 5.76. The summed E-state index contributed by atoms with van der Waals surface area (Å²) in [5.74, 6) is -3.82. The highest BCUT2D eigenvalue weighted by molar-refractivity contribution is 5.86. The van der Waals surface area contributed by atoms with Crippen molar-refractivity contribution < 1.29 is 23.1 Å². The molecule has 0 radical (unpaired) electrons. The molecule has 1 spiro atoms. The number of carbonyl (C=O) groups is 2. The molecule has 2 aliphatic heterocycles. The van der Waals surface area contributed by atoms with Crippen LogP contribution in [0, 0.1) is 5.41 Å². The third-order valence-electron chi connectivity index (χ3n) is 4.98. The fraction of sp³-hybridized carbons (Fsp3) is 0.867. The van der Waals surface area contributed by atoms with Crippen molar-refractivity contribution >= 4 is 11.8 Å². The zero-order valence-electron chi connectivity index (χ0n) is 12.6. The minimum absolute atomic E-state index is 0.0676. The van der Waals surface area contributed by atoms with Crippen molar-refractivity contribution in [1.29, 1.82) is 0 Å². The number of ether oxygens (including phenoxy) is 1. The third kappa shape index (κ3) is 3.09. The predicted octanol–water partition coefficient (Wildman–Crippen LogP) is 1.32. The van der Waals surface area contributed by atoms with Crippen LogP contribution in [0.3, 0.4) is 0 Å². The van der Waals surface area contributed by atoms with E-state index in [2.05, 4.69) is 5.32 Å². The van der Waals surface area contributed by atoms with Crippen LogP contribution in [0.2, 0.25) is 0 Å². The van der Waals surface area contributed by atoms with Crippen LogP contribution >= 0.6 is 0 Å². The fourth-order valence-corrected chi connectivity index (χ4v) is 3.86. The first-order valence-corrected chi connectivity index (χ1v) is 7.96. The van der Waals surface area contributed by atoms with Crippen molar-refractivity contribution in [3.8, 4) is 0 Å². The number of hydrogen-bond donors (Lipinski definition) is 1. The Hall–Kier alpha value is -1.24. The lowest BCUT2D eigenvalue weighted by Gasteiger charge is -2.42. The quantitative estimate of drug-likeness (QED) is 0.854. The highest BCUT2D eigenvalue weighted by Gasteiger charge is 2.55. The molecule has 3 aliphatic rings. The monoisotopic (exact) mass is 316 g/mol. The second-order valence-electron chi connectivity index (χ2n) is 6.79. The number of halogens is 2. The summed E-state index contributed by atoms with van der Waals surface area (Å²) in [6, 6.07) is 0. The molecule has 2 heterocycles. The van der Waals surface area contributed by atoms with Crippen LogP contribution in [0.15, 0.2) is 0 Å². The van der Waals surface area contributed by atoms with Gasteiger partial charge in [-0.25, -0.2) is 8.78 Å². The van der Waals surface area contributed by atoms with Gasteiger partial charge in [0, 0.05) is 19.5 Å². The first kappa shape index (κ1) is 15.6. The number of hydrogen-bond acceptors (Lipinski definition) is 3. The summed E-state index contributed by atoms with van der Waals surface area (Å²) >= 11 is 0. The molecule has 0 aromatic rings. The molecule has 1 unspecified atom stereocenters. The molecule has 7 heteroatoms. The summed E-state index contributed by atoms with van der Waals surface area (Å²) in [5.41, 5.74) is -1.13. The molecule has 1 atom stereocenters. The van der Waals surface area contributed by atoms with E-state index in [0.29, 0.717) is 13.0 Å². The van der Waals surface area contributed by atoms with Crippen LogP contribution in [0.25, 0.3) is 0 Å². The smallest absolute Gasteiger partial charge is 0.266 e. The lowest BCUT2D eigenvalue weighted by Crippen LogP contribution is -2.57. The van der Waals surface area contributed by atoms with Crippen LogP contribution in [0.1, 0.15) is 38.5 Å². The number of likely N-dealkylation sites (tertiary alicyclic amines) is 1. The second-order valence-corrected chi connectivity index (χ2v) is 6.79. The summed E-state index contributed by atoms with van der Waals surface area (Å²) in [6.07, 6.45) is 3.98. The van der Waals surface area contributed by atoms with Crippen molar-refractivity contribution in [2.45, 2.75) is 50.6 Å². The van der Waals surface area contributed by atoms with Crippen molar-refractivity contribution in [2.75, 3.05) is 26.2 Å². The van der Waals surface area contributed by atoms with Gasteiger partial charge >= 0.3 is 0 Å². The summed E-state index contributed by atoms with van der Waals surface area (Å²) in [7, 11) is 0. The number of piperidine rings is 1. The van der Waals surface area contributed by atoms with Crippen LogP contribution in [0.5, 0.6) is 0 Å². The summed E-state index contributed by atoms with van der Waals surface area (Å²) < 4.78 is 33.6. The molecule has 1 N–H and O–H groups in total. The van der Waals surface area contributed by atoms with Gasteiger partial charge in [0.15, 0.2) is 0 Å². The molecule has 1 aliphatic carbocycles. The minimum atomic E-state index is -3.02. The number of amides is 2. The van der Waals surface area contributed by atoms with Gasteiger partial charge in [-0.3, -0.25) is 9.59 Å². The van der Waals surface area contributed by atoms with Crippen molar-refractivity contribution in [1.82, 2.24) is 10.2 Å². The molecule has 2 saturated heterocycles. The molecule has 0 bridgehead atoms. The molecule has 1 saturated carbocycles. The number of alkyl halides is 2. The summed E-state index contributed by atoms with van der Waals surface area (Å²) in [4.78, 5) is 25.3. The van der Waals surface area contributed by atoms with Gasteiger partial charge in [-0.1, -0.05) is 12.8 Å². The zero-order valence-corrected chi connectivity index (χ0v) is 12.6. The molecule has 2 amide bonds. The number of rotatable bonds is 3. The topological polar surface area (TPSA) is 58.6 Å². The predicted molar refractivity (Wildman–Crippen MR) is 74.4 cm³/mol. The van der Waals surface area contributed by atoms with E-state index in [1.54, 1.807) is 0 Å². The third-order valence-corrected chi connectivity index (χ3v) is 4.98. The Bertz CT molecular complexity index is 466. The van der Waals surface area contributed by atoms with Gasteiger partial charge in [0.2, 0.25) is 11.8 Å². The van der Waals surface area contributed by atoms with Gasteiger partial charge in [-0.2, -0.15) is 0 Å². The van der Waals surface area contributed by atoms with Crippen LogP contribution in [-0.4, -0.2) is 55.0 Å². The van der Waals surface area contributed by atoms with Gasteiger partial charge in [0.25, 0.3) is 5.92 Å². The van der Waals surface area contributed by atoms with Gasteiger partial charge in [0.1, 0.15) is 6.61 Å². The molecule has 3 fully saturated rings. The number of nitrogens with zero attached hydrogens (tertiary/aromatic N) is 1. The maximum absolute atomic E-state index is 14.0. The molecule has 22 heavy (non-hydrogen) atoms.